The second-order valence-electron chi connectivity index (χ2n) is 6.12. The summed E-state index contributed by atoms with van der Waals surface area (Å²) < 4.78 is 7.62. The maximum absolute atomic E-state index is 12.7. The van der Waals surface area contributed by atoms with Crippen LogP contribution in [0.4, 0.5) is 0 Å². The molecular formula is C19H25NO2. The lowest BCUT2D eigenvalue weighted by Crippen LogP contribution is -2.22. The van der Waals surface area contributed by atoms with Crippen LogP contribution in [-0.2, 0) is 4.74 Å². The van der Waals surface area contributed by atoms with Gasteiger partial charge in [-0.25, -0.2) is 0 Å². The van der Waals surface area contributed by atoms with Gasteiger partial charge < -0.3 is 9.30 Å². The molecule has 3 nitrogen and oxygen atoms in total. The number of benzene rings is 1. The summed E-state index contributed by atoms with van der Waals surface area (Å²) in [6, 6.07) is 11.7. The minimum Gasteiger partial charge on any atom is -0.383 e. The Hall–Kier alpha value is -1.87. The van der Waals surface area contributed by atoms with Crippen molar-refractivity contribution >= 4 is 5.78 Å². The molecule has 0 aliphatic rings. The summed E-state index contributed by atoms with van der Waals surface area (Å²) >= 11 is 0. The van der Waals surface area contributed by atoms with E-state index in [9.17, 15) is 4.79 Å². The summed E-state index contributed by atoms with van der Waals surface area (Å²) in [4.78, 5) is 12.7. The molecule has 3 heteroatoms. The zero-order valence-electron chi connectivity index (χ0n) is 14.1. The number of nitrogens with zero attached hydrogens (tertiary/aromatic N) is 1. The predicted octanol–water partition coefficient (Wildman–Crippen LogP) is 4.18. The number of ketones is 1. The van der Waals surface area contributed by atoms with Crippen LogP contribution < -0.4 is 0 Å². The van der Waals surface area contributed by atoms with Gasteiger partial charge in [-0.15, -0.1) is 0 Å². The van der Waals surface area contributed by atoms with Gasteiger partial charge in [0.1, 0.15) is 0 Å². The molecule has 0 aliphatic heterocycles. The van der Waals surface area contributed by atoms with E-state index < -0.39 is 0 Å². The molecule has 0 saturated heterocycles. The Morgan fingerprint density at radius 1 is 1.18 bits per heavy atom. The van der Waals surface area contributed by atoms with Crippen LogP contribution in [0.5, 0.6) is 0 Å². The van der Waals surface area contributed by atoms with Crippen molar-refractivity contribution in [1.29, 1.82) is 0 Å². The first-order valence-electron chi connectivity index (χ1n) is 7.74. The largest absolute Gasteiger partial charge is 0.383 e. The fourth-order valence-corrected chi connectivity index (χ4v) is 3.00. The van der Waals surface area contributed by atoms with Gasteiger partial charge in [0.25, 0.3) is 0 Å². The molecule has 1 atom stereocenters. The topological polar surface area (TPSA) is 31.2 Å². The molecule has 0 fully saturated rings. The highest BCUT2D eigenvalue weighted by atomic mass is 16.5. The number of rotatable bonds is 6. The first-order valence-corrected chi connectivity index (χ1v) is 7.74. The van der Waals surface area contributed by atoms with E-state index in [1.165, 1.54) is 0 Å². The Labute approximate surface area is 132 Å². The number of ether oxygens (including phenoxy) is 1. The van der Waals surface area contributed by atoms with Gasteiger partial charge in [0, 0.05) is 29.6 Å². The Morgan fingerprint density at radius 3 is 2.36 bits per heavy atom. The molecule has 1 unspecified atom stereocenters. The van der Waals surface area contributed by atoms with Gasteiger partial charge in [-0.3, -0.25) is 4.79 Å². The molecule has 1 aromatic heterocycles. The van der Waals surface area contributed by atoms with Crippen molar-refractivity contribution in [2.75, 3.05) is 13.7 Å². The molecule has 1 heterocycles. The van der Waals surface area contributed by atoms with Gasteiger partial charge in [-0.05, 0) is 25.8 Å². The quantitative estimate of drug-likeness (QED) is 0.749. The Bertz CT molecular complexity index is 641. The van der Waals surface area contributed by atoms with E-state index >= 15 is 0 Å². The lowest BCUT2D eigenvalue weighted by molar-refractivity contribution is 0.103. The predicted molar refractivity (Wildman–Crippen MR) is 89.5 cm³/mol. The molecule has 0 aliphatic carbocycles. The lowest BCUT2D eigenvalue weighted by atomic mass is 10.0. The van der Waals surface area contributed by atoms with Crippen molar-refractivity contribution in [2.45, 2.75) is 33.7 Å². The molecule has 0 N–H and O–H groups in total. The third-order valence-electron chi connectivity index (χ3n) is 4.20. The number of carbonyl (C=O) groups is 1. The van der Waals surface area contributed by atoms with Crippen molar-refractivity contribution in [2.24, 2.45) is 5.92 Å². The summed E-state index contributed by atoms with van der Waals surface area (Å²) in [6.07, 6.45) is 0. The van der Waals surface area contributed by atoms with E-state index in [0.717, 1.165) is 22.5 Å². The summed E-state index contributed by atoms with van der Waals surface area (Å²) in [5.41, 5.74) is 3.63. The Kier molecular flexibility index (Phi) is 5.19. The minimum absolute atomic E-state index is 0.0832. The van der Waals surface area contributed by atoms with Crippen LogP contribution in [0.25, 0.3) is 0 Å². The average molecular weight is 299 g/mol. The van der Waals surface area contributed by atoms with E-state index in [1.807, 2.05) is 43.3 Å². The van der Waals surface area contributed by atoms with Crippen LogP contribution >= 0.6 is 0 Å². The van der Waals surface area contributed by atoms with Crippen molar-refractivity contribution < 1.29 is 9.53 Å². The van der Waals surface area contributed by atoms with Crippen LogP contribution in [0.1, 0.15) is 47.2 Å². The number of methoxy groups -OCH3 is 1. The molecule has 0 radical (unpaired) electrons. The minimum atomic E-state index is 0.0832. The third kappa shape index (κ3) is 3.14. The second-order valence-corrected chi connectivity index (χ2v) is 6.12. The van der Waals surface area contributed by atoms with E-state index in [2.05, 4.69) is 25.3 Å². The Balaban J connectivity index is 2.45. The highest BCUT2D eigenvalue weighted by Crippen LogP contribution is 2.27. The molecular weight excluding hydrogens is 274 g/mol. The van der Waals surface area contributed by atoms with E-state index in [-0.39, 0.29) is 11.8 Å². The SMILES string of the molecule is COCC(C(C)C)n1c(C)cc(C(=O)c2ccccc2)c1C. The molecule has 0 saturated carbocycles. The number of aromatic nitrogens is 1. The molecule has 0 spiro atoms. The fraction of sp³-hybridized carbons (Fsp3) is 0.421. The van der Waals surface area contributed by atoms with Crippen molar-refractivity contribution in [3.63, 3.8) is 0 Å². The van der Waals surface area contributed by atoms with Crippen molar-refractivity contribution in [3.05, 3.63) is 58.9 Å². The van der Waals surface area contributed by atoms with E-state index in [0.29, 0.717) is 12.5 Å². The maximum Gasteiger partial charge on any atom is 0.194 e. The van der Waals surface area contributed by atoms with Crippen molar-refractivity contribution in [1.82, 2.24) is 4.57 Å². The van der Waals surface area contributed by atoms with E-state index in [4.69, 9.17) is 4.74 Å². The second kappa shape index (κ2) is 6.93. The summed E-state index contributed by atoms with van der Waals surface area (Å²) in [6.45, 7) is 9.09. The van der Waals surface area contributed by atoms with Crippen LogP contribution in [0.15, 0.2) is 36.4 Å². The smallest absolute Gasteiger partial charge is 0.194 e. The van der Waals surface area contributed by atoms with Crippen LogP contribution in [0.3, 0.4) is 0 Å². The highest BCUT2D eigenvalue weighted by Gasteiger charge is 2.23. The standard InChI is InChI=1S/C19H25NO2/c1-13(2)18(12-22-5)20-14(3)11-17(15(20)4)19(21)16-9-7-6-8-10-16/h6-11,13,18H,12H2,1-5H3. The highest BCUT2D eigenvalue weighted by molar-refractivity contribution is 6.09. The van der Waals surface area contributed by atoms with E-state index in [1.54, 1.807) is 7.11 Å². The molecule has 118 valence electrons. The molecule has 0 bridgehead atoms. The van der Waals surface area contributed by atoms with Gasteiger partial charge in [0.05, 0.1) is 12.6 Å². The summed E-state index contributed by atoms with van der Waals surface area (Å²) in [5, 5.41) is 0. The Morgan fingerprint density at radius 2 is 1.82 bits per heavy atom. The molecule has 1 aromatic carbocycles. The van der Waals surface area contributed by atoms with Crippen LogP contribution in [-0.4, -0.2) is 24.1 Å². The molecule has 22 heavy (non-hydrogen) atoms. The number of hydrogen-bond donors (Lipinski definition) is 0. The number of aryl methyl sites for hydroxylation is 1. The maximum atomic E-state index is 12.7. The first kappa shape index (κ1) is 16.5. The normalized spacial score (nSPS) is 12.6. The zero-order chi connectivity index (χ0) is 16.3. The molecule has 0 amide bonds. The number of carbonyl (C=O) groups excluding carboxylic acids is 1. The average Bonchev–Trinajstić information content (AvgIpc) is 2.80. The van der Waals surface area contributed by atoms with Gasteiger partial charge in [-0.2, -0.15) is 0 Å². The monoisotopic (exact) mass is 299 g/mol. The van der Waals surface area contributed by atoms with Gasteiger partial charge >= 0.3 is 0 Å². The van der Waals surface area contributed by atoms with Gasteiger partial charge in [0.15, 0.2) is 5.78 Å². The summed E-state index contributed by atoms with van der Waals surface area (Å²) in [7, 11) is 1.72. The molecule has 2 rings (SSSR count). The number of hydrogen-bond acceptors (Lipinski definition) is 2. The van der Waals surface area contributed by atoms with Crippen LogP contribution in [0, 0.1) is 19.8 Å². The van der Waals surface area contributed by atoms with Gasteiger partial charge in [0.2, 0.25) is 0 Å². The van der Waals surface area contributed by atoms with Crippen molar-refractivity contribution in [3.8, 4) is 0 Å². The first-order chi connectivity index (χ1) is 10.5. The third-order valence-corrected chi connectivity index (χ3v) is 4.20. The van der Waals surface area contributed by atoms with Crippen LogP contribution in [0.2, 0.25) is 0 Å². The summed E-state index contributed by atoms with van der Waals surface area (Å²) in [5.74, 6) is 0.518. The van der Waals surface area contributed by atoms with Gasteiger partial charge in [-0.1, -0.05) is 44.2 Å². The lowest BCUT2D eigenvalue weighted by Gasteiger charge is -2.25. The molecule has 2 aromatic rings. The fourth-order valence-electron chi connectivity index (χ4n) is 3.00. The zero-order valence-corrected chi connectivity index (χ0v) is 14.1.